The third kappa shape index (κ3) is 4.45. The van der Waals surface area contributed by atoms with E-state index in [0.29, 0.717) is 37.3 Å². The number of pyridine rings is 1. The molecule has 1 unspecified atom stereocenters. The molecule has 0 saturated carbocycles. The van der Waals surface area contributed by atoms with Crippen LogP contribution < -0.4 is 5.32 Å². The SMILES string of the molecule is O=C(CC1CCCN(C(=O)c2c[nH]c3ncccc23)C1)NCc1ccc(F)cc1. The number of nitrogens with zero attached hydrogens (tertiary/aromatic N) is 2. The molecule has 3 heterocycles. The second kappa shape index (κ2) is 8.43. The fourth-order valence-electron chi connectivity index (χ4n) is 3.86. The van der Waals surface area contributed by atoms with Crippen molar-refractivity contribution in [1.29, 1.82) is 0 Å². The summed E-state index contributed by atoms with van der Waals surface area (Å²) >= 11 is 0. The molecule has 1 saturated heterocycles. The monoisotopic (exact) mass is 394 g/mol. The maximum Gasteiger partial charge on any atom is 0.256 e. The van der Waals surface area contributed by atoms with Gasteiger partial charge in [0.2, 0.25) is 5.91 Å². The van der Waals surface area contributed by atoms with Gasteiger partial charge in [-0.15, -0.1) is 0 Å². The number of likely N-dealkylation sites (tertiary alicyclic amines) is 1. The number of halogens is 1. The molecule has 2 aromatic heterocycles. The third-order valence-corrected chi connectivity index (χ3v) is 5.36. The van der Waals surface area contributed by atoms with Gasteiger partial charge in [0.05, 0.1) is 5.56 Å². The molecule has 0 spiro atoms. The molecule has 1 aliphatic heterocycles. The predicted octanol–water partition coefficient (Wildman–Crippen LogP) is 3.26. The van der Waals surface area contributed by atoms with Gasteiger partial charge >= 0.3 is 0 Å². The number of carbonyl (C=O) groups excluding carboxylic acids is 2. The van der Waals surface area contributed by atoms with E-state index in [2.05, 4.69) is 15.3 Å². The first-order valence-electron chi connectivity index (χ1n) is 9.82. The number of rotatable bonds is 5. The zero-order valence-electron chi connectivity index (χ0n) is 16.0. The Morgan fingerprint density at radius 2 is 2.07 bits per heavy atom. The van der Waals surface area contributed by atoms with Gasteiger partial charge in [-0.1, -0.05) is 12.1 Å². The van der Waals surface area contributed by atoms with Crippen LogP contribution >= 0.6 is 0 Å². The van der Waals surface area contributed by atoms with Crippen molar-refractivity contribution < 1.29 is 14.0 Å². The summed E-state index contributed by atoms with van der Waals surface area (Å²) in [4.78, 5) is 34.4. The van der Waals surface area contributed by atoms with Crippen LogP contribution in [-0.2, 0) is 11.3 Å². The maximum atomic E-state index is 13.0. The van der Waals surface area contributed by atoms with E-state index in [-0.39, 0.29) is 23.5 Å². The van der Waals surface area contributed by atoms with Gasteiger partial charge in [-0.2, -0.15) is 0 Å². The summed E-state index contributed by atoms with van der Waals surface area (Å²) in [6, 6.07) is 9.78. The Hall–Kier alpha value is -3.22. The van der Waals surface area contributed by atoms with Gasteiger partial charge in [0.25, 0.3) is 5.91 Å². The number of H-pyrrole nitrogens is 1. The summed E-state index contributed by atoms with van der Waals surface area (Å²) in [7, 11) is 0. The number of aromatic amines is 1. The van der Waals surface area contributed by atoms with Gasteiger partial charge in [-0.3, -0.25) is 9.59 Å². The zero-order chi connectivity index (χ0) is 20.2. The topological polar surface area (TPSA) is 78.1 Å². The molecule has 2 N–H and O–H groups in total. The number of piperidine rings is 1. The van der Waals surface area contributed by atoms with Crippen LogP contribution in [0.4, 0.5) is 4.39 Å². The van der Waals surface area contributed by atoms with Gasteiger partial charge in [0, 0.05) is 43.8 Å². The lowest BCUT2D eigenvalue weighted by Crippen LogP contribution is -2.41. The molecule has 1 aliphatic rings. The van der Waals surface area contributed by atoms with Gasteiger partial charge in [0.15, 0.2) is 0 Å². The second-order valence-corrected chi connectivity index (χ2v) is 7.47. The average Bonchev–Trinajstić information content (AvgIpc) is 3.17. The van der Waals surface area contributed by atoms with Crippen LogP contribution in [0.1, 0.15) is 35.2 Å². The molecule has 0 bridgehead atoms. The summed E-state index contributed by atoms with van der Waals surface area (Å²) in [5.41, 5.74) is 2.17. The van der Waals surface area contributed by atoms with Crippen molar-refractivity contribution in [2.45, 2.75) is 25.8 Å². The summed E-state index contributed by atoms with van der Waals surface area (Å²) in [5.74, 6) is -0.243. The van der Waals surface area contributed by atoms with Crippen molar-refractivity contribution in [2.24, 2.45) is 5.92 Å². The number of fused-ring (bicyclic) bond motifs is 1. The van der Waals surface area contributed by atoms with Gasteiger partial charge < -0.3 is 15.2 Å². The molecule has 2 amide bonds. The fraction of sp³-hybridized carbons (Fsp3) is 0.318. The van der Waals surface area contributed by atoms with Gasteiger partial charge in [-0.05, 0) is 48.6 Å². The minimum absolute atomic E-state index is 0.0272. The van der Waals surface area contributed by atoms with Crippen molar-refractivity contribution in [3.63, 3.8) is 0 Å². The first-order valence-corrected chi connectivity index (χ1v) is 9.82. The molecule has 0 radical (unpaired) electrons. The van der Waals surface area contributed by atoms with E-state index < -0.39 is 0 Å². The predicted molar refractivity (Wildman–Crippen MR) is 108 cm³/mol. The van der Waals surface area contributed by atoms with E-state index in [9.17, 15) is 14.0 Å². The quantitative estimate of drug-likeness (QED) is 0.697. The van der Waals surface area contributed by atoms with Crippen molar-refractivity contribution in [3.05, 3.63) is 65.7 Å². The van der Waals surface area contributed by atoms with Crippen molar-refractivity contribution in [3.8, 4) is 0 Å². The highest BCUT2D eigenvalue weighted by Crippen LogP contribution is 2.24. The molecule has 4 rings (SSSR count). The number of amides is 2. The number of hydrogen-bond donors (Lipinski definition) is 2. The Bertz CT molecular complexity index is 1020. The van der Waals surface area contributed by atoms with Crippen molar-refractivity contribution in [2.75, 3.05) is 13.1 Å². The Kier molecular flexibility index (Phi) is 5.55. The van der Waals surface area contributed by atoms with E-state index in [1.54, 1.807) is 24.5 Å². The van der Waals surface area contributed by atoms with Crippen LogP contribution in [0.15, 0.2) is 48.8 Å². The van der Waals surface area contributed by atoms with E-state index in [4.69, 9.17) is 0 Å². The molecule has 150 valence electrons. The Morgan fingerprint density at radius 1 is 1.24 bits per heavy atom. The van der Waals surface area contributed by atoms with E-state index in [1.165, 1.54) is 12.1 Å². The van der Waals surface area contributed by atoms with Crippen LogP contribution in [-0.4, -0.2) is 39.8 Å². The molecule has 0 aliphatic carbocycles. The molecule has 6 nitrogen and oxygen atoms in total. The third-order valence-electron chi connectivity index (χ3n) is 5.36. The van der Waals surface area contributed by atoms with Crippen LogP contribution in [0.25, 0.3) is 11.0 Å². The minimum Gasteiger partial charge on any atom is -0.352 e. The first-order chi connectivity index (χ1) is 14.1. The lowest BCUT2D eigenvalue weighted by molar-refractivity contribution is -0.122. The molecule has 7 heteroatoms. The zero-order valence-corrected chi connectivity index (χ0v) is 16.0. The number of hydrogen-bond acceptors (Lipinski definition) is 3. The Morgan fingerprint density at radius 3 is 2.90 bits per heavy atom. The van der Waals surface area contributed by atoms with E-state index >= 15 is 0 Å². The lowest BCUT2D eigenvalue weighted by atomic mass is 9.94. The average molecular weight is 394 g/mol. The number of carbonyl (C=O) groups is 2. The summed E-state index contributed by atoms with van der Waals surface area (Å²) in [5, 5.41) is 3.70. The minimum atomic E-state index is -0.293. The van der Waals surface area contributed by atoms with E-state index in [1.807, 2.05) is 17.0 Å². The maximum absolute atomic E-state index is 13.0. The molecular formula is C22H23FN4O2. The Balaban J connectivity index is 1.33. The highest BCUT2D eigenvalue weighted by Gasteiger charge is 2.27. The van der Waals surface area contributed by atoms with Gasteiger partial charge in [0.1, 0.15) is 11.5 Å². The molecule has 29 heavy (non-hydrogen) atoms. The normalized spacial score (nSPS) is 16.7. The van der Waals surface area contributed by atoms with Crippen molar-refractivity contribution in [1.82, 2.24) is 20.2 Å². The number of aromatic nitrogens is 2. The van der Waals surface area contributed by atoms with Crippen molar-refractivity contribution >= 4 is 22.8 Å². The van der Waals surface area contributed by atoms with Crippen LogP contribution in [0.3, 0.4) is 0 Å². The smallest absolute Gasteiger partial charge is 0.256 e. The summed E-state index contributed by atoms with van der Waals surface area (Å²) in [6.45, 7) is 1.63. The molecule has 3 aromatic rings. The van der Waals surface area contributed by atoms with Crippen LogP contribution in [0.2, 0.25) is 0 Å². The summed E-state index contributed by atoms with van der Waals surface area (Å²) in [6.07, 6.45) is 5.57. The van der Waals surface area contributed by atoms with Crippen LogP contribution in [0, 0.1) is 11.7 Å². The lowest BCUT2D eigenvalue weighted by Gasteiger charge is -2.32. The number of nitrogens with one attached hydrogen (secondary N) is 2. The highest BCUT2D eigenvalue weighted by molar-refractivity contribution is 6.05. The largest absolute Gasteiger partial charge is 0.352 e. The van der Waals surface area contributed by atoms with E-state index in [0.717, 1.165) is 23.8 Å². The highest BCUT2D eigenvalue weighted by atomic mass is 19.1. The second-order valence-electron chi connectivity index (χ2n) is 7.47. The molecule has 1 fully saturated rings. The Labute approximate surface area is 168 Å². The van der Waals surface area contributed by atoms with Crippen LogP contribution in [0.5, 0.6) is 0 Å². The summed E-state index contributed by atoms with van der Waals surface area (Å²) < 4.78 is 13.0. The first kappa shape index (κ1) is 19.1. The molecular weight excluding hydrogens is 371 g/mol. The standard InChI is InChI=1S/C22H23FN4O2/c23-17-7-5-15(6-8-17)12-25-20(28)11-16-3-2-10-27(14-16)22(29)19-13-26-21-18(19)4-1-9-24-21/h1,4-9,13,16H,2-3,10-12,14H2,(H,24,26)(H,25,28). The molecule has 1 atom stereocenters. The number of benzene rings is 1. The molecule has 1 aromatic carbocycles. The fourth-order valence-corrected chi connectivity index (χ4v) is 3.86. The van der Waals surface area contributed by atoms with Gasteiger partial charge in [-0.25, -0.2) is 9.37 Å².